The molecule has 5 nitrogen and oxygen atoms in total. The maximum absolute atomic E-state index is 12.5. The highest BCUT2D eigenvalue weighted by molar-refractivity contribution is 5.85. The second-order valence-electron chi connectivity index (χ2n) is 6.87. The van der Waals surface area contributed by atoms with Crippen molar-refractivity contribution in [3.05, 3.63) is 65.7 Å². The van der Waals surface area contributed by atoms with Crippen LogP contribution in [-0.2, 0) is 22.6 Å². The molecule has 2 N–H and O–H groups in total. The molecule has 1 aliphatic heterocycles. The van der Waals surface area contributed by atoms with Crippen LogP contribution in [0, 0.1) is 0 Å². The number of carbonyl (C=O) groups is 1. The van der Waals surface area contributed by atoms with E-state index in [4.69, 9.17) is 9.47 Å². The Labute approximate surface area is 173 Å². The minimum atomic E-state index is -0.680. The van der Waals surface area contributed by atoms with Crippen LogP contribution in [0.3, 0.4) is 0 Å². The average molecular weight is 405 g/mol. The molecule has 1 saturated heterocycles. The lowest BCUT2D eigenvalue weighted by atomic mass is 9.91. The lowest BCUT2D eigenvalue weighted by Crippen LogP contribution is -2.54. The van der Waals surface area contributed by atoms with Gasteiger partial charge in [0.15, 0.2) is 0 Å². The Kier molecular flexibility index (Phi) is 8.77. The van der Waals surface area contributed by atoms with E-state index in [1.54, 1.807) is 7.11 Å². The van der Waals surface area contributed by atoms with Crippen molar-refractivity contribution in [1.29, 1.82) is 0 Å². The number of benzene rings is 2. The molecule has 6 heteroatoms. The smallest absolute Gasteiger partial charge is 0.252 e. The van der Waals surface area contributed by atoms with Crippen molar-refractivity contribution in [2.75, 3.05) is 26.7 Å². The maximum Gasteiger partial charge on any atom is 0.252 e. The van der Waals surface area contributed by atoms with Gasteiger partial charge in [-0.3, -0.25) is 4.79 Å². The third-order valence-corrected chi connectivity index (χ3v) is 5.09. The molecule has 0 saturated carbocycles. The quantitative estimate of drug-likeness (QED) is 0.709. The SMILES string of the molecule is COC1(C(=O)NCCc2ccc(OCc3ccccc3)cc2)CCNCC1.Cl. The van der Waals surface area contributed by atoms with Crippen molar-refractivity contribution >= 4 is 18.3 Å². The number of rotatable bonds is 8. The average Bonchev–Trinajstić information content (AvgIpc) is 2.74. The molecule has 0 unspecified atom stereocenters. The Morgan fingerprint density at radius 1 is 1.04 bits per heavy atom. The Morgan fingerprint density at radius 3 is 2.36 bits per heavy atom. The molecule has 3 rings (SSSR count). The zero-order chi connectivity index (χ0) is 19.0. The van der Waals surface area contributed by atoms with Crippen molar-refractivity contribution in [2.45, 2.75) is 31.5 Å². The summed E-state index contributed by atoms with van der Waals surface area (Å²) in [4.78, 5) is 12.5. The van der Waals surface area contributed by atoms with Gasteiger partial charge in [0.2, 0.25) is 0 Å². The van der Waals surface area contributed by atoms with Crippen molar-refractivity contribution < 1.29 is 14.3 Å². The molecule has 2 aromatic rings. The zero-order valence-electron chi connectivity index (χ0n) is 16.3. The summed E-state index contributed by atoms with van der Waals surface area (Å²) in [7, 11) is 1.62. The van der Waals surface area contributed by atoms with E-state index in [-0.39, 0.29) is 18.3 Å². The van der Waals surface area contributed by atoms with E-state index in [9.17, 15) is 4.79 Å². The summed E-state index contributed by atoms with van der Waals surface area (Å²) in [5.41, 5.74) is 1.63. The summed E-state index contributed by atoms with van der Waals surface area (Å²) in [5, 5.41) is 6.30. The van der Waals surface area contributed by atoms with Crippen LogP contribution in [0.15, 0.2) is 54.6 Å². The second-order valence-corrected chi connectivity index (χ2v) is 6.87. The fourth-order valence-electron chi connectivity index (χ4n) is 3.33. The fraction of sp³-hybridized carbons (Fsp3) is 0.409. The summed E-state index contributed by atoms with van der Waals surface area (Å²) < 4.78 is 11.4. The van der Waals surface area contributed by atoms with E-state index in [0.717, 1.165) is 30.8 Å². The molecule has 0 spiro atoms. The third-order valence-electron chi connectivity index (χ3n) is 5.09. The van der Waals surface area contributed by atoms with Crippen LogP contribution in [0.25, 0.3) is 0 Å². The van der Waals surface area contributed by atoms with E-state index >= 15 is 0 Å². The van der Waals surface area contributed by atoms with Crippen LogP contribution in [-0.4, -0.2) is 38.3 Å². The molecule has 0 aliphatic carbocycles. The number of nitrogens with one attached hydrogen (secondary N) is 2. The van der Waals surface area contributed by atoms with Gasteiger partial charge < -0.3 is 20.1 Å². The Balaban J connectivity index is 0.00000280. The number of ether oxygens (including phenoxy) is 2. The second kappa shape index (κ2) is 11.1. The largest absolute Gasteiger partial charge is 0.489 e. The van der Waals surface area contributed by atoms with E-state index in [1.807, 2.05) is 54.6 Å². The first-order chi connectivity index (χ1) is 13.2. The normalized spacial score (nSPS) is 15.3. The molecule has 1 amide bonds. The highest BCUT2D eigenvalue weighted by Crippen LogP contribution is 2.22. The van der Waals surface area contributed by atoms with Gasteiger partial charge in [-0.05, 0) is 55.6 Å². The number of carbonyl (C=O) groups excluding carboxylic acids is 1. The first-order valence-corrected chi connectivity index (χ1v) is 9.52. The van der Waals surface area contributed by atoms with Gasteiger partial charge in [-0.15, -0.1) is 12.4 Å². The summed E-state index contributed by atoms with van der Waals surface area (Å²) in [6.07, 6.45) is 2.20. The van der Waals surface area contributed by atoms with E-state index in [1.165, 1.54) is 5.56 Å². The van der Waals surface area contributed by atoms with Crippen molar-refractivity contribution in [3.63, 3.8) is 0 Å². The Morgan fingerprint density at radius 2 is 1.71 bits per heavy atom. The van der Waals surface area contributed by atoms with Gasteiger partial charge in [0.05, 0.1) is 0 Å². The van der Waals surface area contributed by atoms with Crippen LogP contribution in [0.1, 0.15) is 24.0 Å². The molecule has 1 heterocycles. The van der Waals surface area contributed by atoms with E-state index in [2.05, 4.69) is 10.6 Å². The minimum Gasteiger partial charge on any atom is -0.489 e. The van der Waals surface area contributed by atoms with Crippen LogP contribution < -0.4 is 15.4 Å². The van der Waals surface area contributed by atoms with E-state index < -0.39 is 5.60 Å². The van der Waals surface area contributed by atoms with Crippen LogP contribution in [0.2, 0.25) is 0 Å². The standard InChI is InChI=1S/C22H28N2O3.ClH/c1-26-22(12-15-23-16-13-22)21(25)24-14-11-18-7-9-20(10-8-18)27-17-19-5-3-2-4-6-19;/h2-10,23H,11-17H2,1H3,(H,24,25);1H. The van der Waals surface area contributed by atoms with Gasteiger partial charge in [0.1, 0.15) is 18.0 Å². The number of methoxy groups -OCH3 is 1. The van der Waals surface area contributed by atoms with Gasteiger partial charge in [0, 0.05) is 13.7 Å². The van der Waals surface area contributed by atoms with Gasteiger partial charge >= 0.3 is 0 Å². The molecule has 1 fully saturated rings. The van der Waals surface area contributed by atoms with Crippen LogP contribution in [0.5, 0.6) is 5.75 Å². The Bertz CT molecular complexity index is 716. The maximum atomic E-state index is 12.5. The zero-order valence-corrected chi connectivity index (χ0v) is 17.1. The molecule has 0 radical (unpaired) electrons. The van der Waals surface area contributed by atoms with Crippen LogP contribution >= 0.6 is 12.4 Å². The molecular weight excluding hydrogens is 376 g/mol. The summed E-state index contributed by atoms with van der Waals surface area (Å²) in [5.74, 6) is 0.842. The van der Waals surface area contributed by atoms with Gasteiger partial charge in [-0.1, -0.05) is 42.5 Å². The highest BCUT2D eigenvalue weighted by Gasteiger charge is 2.39. The molecule has 0 aromatic heterocycles. The molecule has 152 valence electrons. The number of amides is 1. The summed E-state index contributed by atoms with van der Waals surface area (Å²) >= 11 is 0. The summed E-state index contributed by atoms with van der Waals surface area (Å²) in [6.45, 7) is 2.78. The lowest BCUT2D eigenvalue weighted by molar-refractivity contribution is -0.146. The molecule has 28 heavy (non-hydrogen) atoms. The molecule has 0 atom stereocenters. The molecule has 1 aliphatic rings. The number of halogens is 1. The van der Waals surface area contributed by atoms with Crippen LogP contribution in [0.4, 0.5) is 0 Å². The van der Waals surface area contributed by atoms with Gasteiger partial charge in [0.25, 0.3) is 5.91 Å². The topological polar surface area (TPSA) is 59.6 Å². The number of hydrogen-bond donors (Lipinski definition) is 2. The fourth-order valence-corrected chi connectivity index (χ4v) is 3.33. The van der Waals surface area contributed by atoms with Crippen molar-refractivity contribution in [3.8, 4) is 5.75 Å². The summed E-state index contributed by atoms with van der Waals surface area (Å²) in [6, 6.07) is 18.1. The first-order valence-electron chi connectivity index (χ1n) is 9.52. The van der Waals surface area contributed by atoms with Gasteiger partial charge in [-0.2, -0.15) is 0 Å². The predicted molar refractivity (Wildman–Crippen MR) is 113 cm³/mol. The molecular formula is C22H29ClN2O3. The molecule has 2 aromatic carbocycles. The molecule has 0 bridgehead atoms. The highest BCUT2D eigenvalue weighted by atomic mass is 35.5. The predicted octanol–water partition coefficient (Wildman–Crippen LogP) is 3.11. The monoisotopic (exact) mass is 404 g/mol. The Hall–Kier alpha value is -2.08. The third kappa shape index (κ3) is 5.96. The lowest BCUT2D eigenvalue weighted by Gasteiger charge is -2.34. The van der Waals surface area contributed by atoms with Gasteiger partial charge in [-0.25, -0.2) is 0 Å². The number of piperidine rings is 1. The number of hydrogen-bond acceptors (Lipinski definition) is 4. The van der Waals surface area contributed by atoms with Crippen molar-refractivity contribution in [1.82, 2.24) is 10.6 Å². The first kappa shape index (κ1) is 22.2. The van der Waals surface area contributed by atoms with E-state index in [0.29, 0.717) is 26.0 Å². The van der Waals surface area contributed by atoms with Crippen molar-refractivity contribution in [2.24, 2.45) is 0 Å². The minimum absolute atomic E-state index is 0.